The lowest BCUT2D eigenvalue weighted by Crippen LogP contribution is -2.43. The smallest absolute Gasteiger partial charge is 0.319 e. The highest BCUT2D eigenvalue weighted by atomic mass is 79.9. The fourth-order valence-electron chi connectivity index (χ4n) is 5.04. The van der Waals surface area contributed by atoms with Gasteiger partial charge in [-0.1, -0.05) is 11.6 Å². The van der Waals surface area contributed by atoms with Gasteiger partial charge in [0.1, 0.15) is 29.1 Å². The Hall–Kier alpha value is -1.45. The van der Waals surface area contributed by atoms with Crippen molar-refractivity contribution in [2.75, 3.05) is 38.3 Å². The number of hydrogen-bond donors (Lipinski definition) is 0. The molecule has 4 heterocycles. The molecule has 10 heteroatoms. The van der Waals surface area contributed by atoms with Crippen molar-refractivity contribution in [3.05, 3.63) is 15.3 Å². The lowest BCUT2D eigenvalue weighted by molar-refractivity contribution is 0.107. The van der Waals surface area contributed by atoms with Crippen LogP contribution in [0.5, 0.6) is 11.8 Å². The molecule has 2 saturated heterocycles. The molecule has 3 aliphatic rings. The summed E-state index contributed by atoms with van der Waals surface area (Å²) in [4.78, 5) is 13.1. The number of ether oxygens (including phenoxy) is 2. The second kappa shape index (κ2) is 7.85. The zero-order valence-electron chi connectivity index (χ0n) is 17.4. The summed E-state index contributed by atoms with van der Waals surface area (Å²) in [5, 5.41) is 0.587. The monoisotopic (exact) mass is 516 g/mol. The molecule has 1 aromatic carbocycles. The molecule has 5 rings (SSSR count). The van der Waals surface area contributed by atoms with Crippen molar-refractivity contribution in [1.82, 2.24) is 14.9 Å². The van der Waals surface area contributed by atoms with E-state index in [4.69, 9.17) is 21.1 Å². The van der Waals surface area contributed by atoms with Crippen LogP contribution in [0.4, 0.5) is 14.6 Å². The minimum atomic E-state index is -0.850. The van der Waals surface area contributed by atoms with E-state index in [9.17, 15) is 4.39 Å². The molecule has 2 fully saturated rings. The summed E-state index contributed by atoms with van der Waals surface area (Å²) in [6.45, 7) is 4.08. The summed E-state index contributed by atoms with van der Waals surface area (Å²) in [6, 6.07) is 0.181. The molecule has 6 nitrogen and oxygen atoms in total. The molecule has 2 aromatic rings. The Morgan fingerprint density at radius 2 is 2.19 bits per heavy atom. The third kappa shape index (κ3) is 3.43. The van der Waals surface area contributed by atoms with E-state index in [1.165, 1.54) is 0 Å². The van der Waals surface area contributed by atoms with Gasteiger partial charge in [-0.15, -0.1) is 0 Å². The maximum Gasteiger partial charge on any atom is 0.319 e. The Kier molecular flexibility index (Phi) is 5.42. The summed E-state index contributed by atoms with van der Waals surface area (Å²) in [7, 11) is 1.90. The van der Waals surface area contributed by atoms with Crippen LogP contribution in [-0.2, 0) is 0 Å². The molecular formula is C21H24BrClF2N4O2. The minimum absolute atomic E-state index is 0.0738. The van der Waals surface area contributed by atoms with Crippen LogP contribution >= 0.6 is 27.5 Å². The van der Waals surface area contributed by atoms with Crippen LogP contribution in [0.15, 0.2) is 4.47 Å². The van der Waals surface area contributed by atoms with Gasteiger partial charge in [-0.25, -0.2) is 8.78 Å². The van der Waals surface area contributed by atoms with E-state index in [0.717, 1.165) is 25.8 Å². The van der Waals surface area contributed by atoms with Crippen LogP contribution in [0.25, 0.3) is 10.9 Å². The van der Waals surface area contributed by atoms with Crippen molar-refractivity contribution in [1.29, 1.82) is 0 Å². The first kappa shape index (κ1) is 21.4. The molecule has 0 N–H and O–H groups in total. The van der Waals surface area contributed by atoms with Gasteiger partial charge in [-0.3, -0.25) is 4.90 Å². The zero-order valence-corrected chi connectivity index (χ0v) is 19.8. The molecule has 168 valence electrons. The van der Waals surface area contributed by atoms with Crippen LogP contribution in [-0.4, -0.2) is 66.0 Å². The van der Waals surface area contributed by atoms with Crippen molar-refractivity contribution < 1.29 is 18.3 Å². The van der Waals surface area contributed by atoms with Crippen LogP contribution in [0.1, 0.15) is 32.6 Å². The first-order valence-electron chi connectivity index (χ1n) is 10.6. The number of nitrogens with zero attached hydrogens (tertiary/aromatic N) is 4. The summed E-state index contributed by atoms with van der Waals surface area (Å²) >= 11 is 9.62. The highest BCUT2D eigenvalue weighted by molar-refractivity contribution is 9.10. The number of aromatic nitrogens is 2. The fourth-order valence-corrected chi connectivity index (χ4v) is 5.64. The number of alkyl halides is 1. The number of benzene rings is 1. The zero-order chi connectivity index (χ0) is 21.9. The molecule has 0 amide bonds. The average Bonchev–Trinajstić information content (AvgIpc) is 3.26. The molecule has 1 aromatic heterocycles. The normalized spacial score (nSPS) is 28.4. The van der Waals surface area contributed by atoms with Gasteiger partial charge in [-0.05, 0) is 42.2 Å². The van der Waals surface area contributed by atoms with E-state index in [1.807, 2.05) is 11.9 Å². The van der Waals surface area contributed by atoms with Gasteiger partial charge in [0.2, 0.25) is 0 Å². The fraction of sp³-hybridized carbons (Fsp3) is 0.619. The van der Waals surface area contributed by atoms with E-state index >= 15 is 4.39 Å². The van der Waals surface area contributed by atoms with Gasteiger partial charge in [-0.2, -0.15) is 9.97 Å². The second-order valence-electron chi connectivity index (χ2n) is 8.79. The molecule has 0 unspecified atom stereocenters. The maximum absolute atomic E-state index is 15.2. The number of halogens is 4. The largest absolute Gasteiger partial charge is 0.491 e. The standard InChI is InChI=1S/C21H24BrClF2N4O2/c1-11-4-7-30-18-13-17(16(25)14(22)15(18)23)26-20(27-19(13)28(11)2)31-10-21-5-3-6-29(21)9-12(24)8-21/h11-12H,3-10H2,1-2H3/t11-,12-,21+/m1/s1. The van der Waals surface area contributed by atoms with Crippen molar-refractivity contribution in [3.63, 3.8) is 0 Å². The second-order valence-corrected chi connectivity index (χ2v) is 9.96. The first-order chi connectivity index (χ1) is 14.8. The molecule has 31 heavy (non-hydrogen) atoms. The van der Waals surface area contributed by atoms with Crippen LogP contribution < -0.4 is 14.4 Å². The highest BCUT2D eigenvalue weighted by Gasteiger charge is 2.49. The topological polar surface area (TPSA) is 50.7 Å². The molecule has 3 atom stereocenters. The molecule has 0 saturated carbocycles. The number of fused-ring (bicyclic) bond motifs is 1. The van der Waals surface area contributed by atoms with Crippen LogP contribution in [0.2, 0.25) is 5.02 Å². The predicted octanol–water partition coefficient (Wildman–Crippen LogP) is 4.75. The van der Waals surface area contributed by atoms with E-state index in [1.54, 1.807) is 0 Å². The third-order valence-corrected chi connectivity index (χ3v) is 8.23. The Morgan fingerprint density at radius 1 is 1.39 bits per heavy atom. The van der Waals surface area contributed by atoms with Gasteiger partial charge in [0, 0.05) is 32.5 Å². The summed E-state index contributed by atoms with van der Waals surface area (Å²) in [5.74, 6) is 0.278. The molecular weight excluding hydrogens is 494 g/mol. The Bertz CT molecular complexity index is 1040. The van der Waals surface area contributed by atoms with Gasteiger partial charge in [0.25, 0.3) is 0 Å². The summed E-state index contributed by atoms with van der Waals surface area (Å²) in [6.07, 6.45) is 2.23. The predicted molar refractivity (Wildman–Crippen MR) is 119 cm³/mol. The molecule has 0 bridgehead atoms. The van der Waals surface area contributed by atoms with Crippen LogP contribution in [0, 0.1) is 5.82 Å². The number of rotatable bonds is 3. The van der Waals surface area contributed by atoms with Gasteiger partial charge in [0.05, 0.1) is 22.0 Å². The first-order valence-corrected chi connectivity index (χ1v) is 11.7. The van der Waals surface area contributed by atoms with Crippen LogP contribution in [0.3, 0.4) is 0 Å². The van der Waals surface area contributed by atoms with Crippen molar-refractivity contribution >= 4 is 44.3 Å². The molecule has 0 radical (unpaired) electrons. The number of anilines is 1. The highest BCUT2D eigenvalue weighted by Crippen LogP contribution is 2.46. The third-order valence-electron chi connectivity index (χ3n) is 6.90. The van der Waals surface area contributed by atoms with E-state index < -0.39 is 12.0 Å². The lowest BCUT2D eigenvalue weighted by atomic mass is 9.95. The Balaban J connectivity index is 1.59. The summed E-state index contributed by atoms with van der Waals surface area (Å²) in [5.41, 5.74) is -0.251. The SMILES string of the molecule is C[C@@H]1CCOc2c(Cl)c(Br)c(F)c3nc(OC[C@@]45CCCN4C[C@H](F)C5)nc(c23)N1C. The number of hydrogen-bond acceptors (Lipinski definition) is 6. The molecule has 0 aliphatic carbocycles. The Labute approximate surface area is 193 Å². The molecule has 3 aliphatic heterocycles. The lowest BCUT2D eigenvalue weighted by Gasteiger charge is -2.32. The van der Waals surface area contributed by atoms with Crippen molar-refractivity contribution in [3.8, 4) is 11.8 Å². The van der Waals surface area contributed by atoms with Gasteiger partial charge < -0.3 is 14.4 Å². The van der Waals surface area contributed by atoms with Gasteiger partial charge in [0.15, 0.2) is 11.6 Å². The van der Waals surface area contributed by atoms with E-state index in [0.29, 0.717) is 36.5 Å². The van der Waals surface area contributed by atoms with Gasteiger partial charge >= 0.3 is 6.01 Å². The van der Waals surface area contributed by atoms with E-state index in [2.05, 4.69) is 37.7 Å². The van der Waals surface area contributed by atoms with Crippen molar-refractivity contribution in [2.45, 2.75) is 50.4 Å². The Morgan fingerprint density at radius 3 is 3.00 bits per heavy atom. The minimum Gasteiger partial charge on any atom is -0.491 e. The average molecular weight is 518 g/mol. The quantitative estimate of drug-likeness (QED) is 0.548. The van der Waals surface area contributed by atoms with E-state index in [-0.39, 0.29) is 39.2 Å². The summed E-state index contributed by atoms with van der Waals surface area (Å²) < 4.78 is 41.3. The van der Waals surface area contributed by atoms with Crippen molar-refractivity contribution in [2.24, 2.45) is 0 Å². The maximum atomic E-state index is 15.2. The molecule has 0 spiro atoms.